The van der Waals surface area contributed by atoms with Crippen LogP contribution in [0.25, 0.3) is 88.1 Å². The van der Waals surface area contributed by atoms with Crippen molar-refractivity contribution in [2.45, 2.75) is 0 Å². The molecule has 0 atom stereocenters. The quantitative estimate of drug-likeness (QED) is 0.121. The van der Waals surface area contributed by atoms with Crippen molar-refractivity contribution in [1.29, 1.82) is 0 Å². The van der Waals surface area contributed by atoms with Gasteiger partial charge in [0.15, 0.2) is 11.6 Å². The molecule has 10 heteroatoms. The van der Waals surface area contributed by atoms with Gasteiger partial charge < -0.3 is 23.3 Å². The Morgan fingerprint density at radius 2 is 0.653 bits per heavy atom. The fraction of sp³-hybridized carbons (Fsp3) is 0. The molecule has 0 aliphatic heterocycles. The summed E-state index contributed by atoms with van der Waals surface area (Å²) >= 11 is 6.69. The number of hydrogen-bond donors (Lipinski definition) is 2. The average molecular weight is 1070 g/mol. The number of carbonyl (C=O) groups excluding carboxylic acids is 2. The number of hydrogen-bond acceptors (Lipinski definition) is 7. The van der Waals surface area contributed by atoms with Crippen molar-refractivity contribution in [2.75, 3.05) is 0 Å². The first-order chi connectivity index (χ1) is 35.2. The second-order valence-electron chi connectivity index (χ2n) is 17.1. The van der Waals surface area contributed by atoms with E-state index in [9.17, 15) is 19.6 Å². The van der Waals surface area contributed by atoms with Crippen molar-refractivity contribution in [2.24, 2.45) is 0 Å². The Bertz CT molecular complexity index is 3920. The highest BCUT2D eigenvalue weighted by Gasteiger charge is 2.19. The highest BCUT2D eigenvalue weighted by molar-refractivity contribution is 9.10. The molecule has 0 saturated carbocycles. The van der Waals surface area contributed by atoms with E-state index in [0.717, 1.165) is 91.4 Å². The summed E-state index contributed by atoms with van der Waals surface area (Å²) in [6.07, 6.45) is 0. The van der Waals surface area contributed by atoms with E-state index in [1.165, 1.54) is 0 Å². The van der Waals surface area contributed by atoms with Crippen LogP contribution in [-0.2, 0) is 0 Å². The van der Waals surface area contributed by atoms with Crippen LogP contribution in [0.4, 0.5) is 0 Å². The van der Waals surface area contributed by atoms with E-state index in [1.54, 1.807) is 12.1 Å². The lowest BCUT2D eigenvalue weighted by molar-refractivity contribution is 0.103. The molecule has 3 heterocycles. The van der Waals surface area contributed by atoms with Gasteiger partial charge in [0, 0.05) is 81.5 Å². The zero-order chi connectivity index (χ0) is 49.3. The van der Waals surface area contributed by atoms with Gasteiger partial charge in [-0.2, -0.15) is 0 Å². The van der Waals surface area contributed by atoms with Crippen molar-refractivity contribution in [1.82, 2.24) is 0 Å². The van der Waals surface area contributed by atoms with Gasteiger partial charge >= 0.3 is 7.12 Å². The van der Waals surface area contributed by atoms with Gasteiger partial charge in [-0.3, -0.25) is 9.59 Å². The number of furan rings is 3. The first-order valence-electron chi connectivity index (χ1n) is 23.1. The molecule has 0 aliphatic carbocycles. The third-order valence-electron chi connectivity index (χ3n) is 12.7. The highest BCUT2D eigenvalue weighted by atomic mass is 79.9. The minimum Gasteiger partial charge on any atom is -0.456 e. The molecule has 0 amide bonds. The predicted octanol–water partition coefficient (Wildman–Crippen LogP) is 16.0. The molecule has 2 N–H and O–H groups in total. The summed E-state index contributed by atoms with van der Waals surface area (Å²) in [5.74, 6) is 0.0296. The van der Waals surface area contributed by atoms with Crippen LogP contribution in [0.5, 0.6) is 0 Å². The van der Waals surface area contributed by atoms with Crippen molar-refractivity contribution in [3.8, 4) is 22.3 Å². The number of halogens is 2. The third-order valence-corrected chi connectivity index (χ3v) is 13.7. The van der Waals surface area contributed by atoms with E-state index in [0.29, 0.717) is 33.3 Å². The summed E-state index contributed by atoms with van der Waals surface area (Å²) in [5.41, 5.74) is 11.9. The highest BCUT2D eigenvalue weighted by Crippen LogP contribution is 2.38. The molecule has 348 valence electrons. The van der Waals surface area contributed by atoms with E-state index in [-0.39, 0.29) is 13.0 Å². The van der Waals surface area contributed by atoms with Crippen LogP contribution in [0.1, 0.15) is 33.3 Å². The Morgan fingerprint density at radius 1 is 0.347 bits per heavy atom. The number of fused-ring (bicyclic) bond motifs is 9. The van der Waals surface area contributed by atoms with E-state index < -0.39 is 7.12 Å². The number of ketones is 2. The SMILES string of the molecule is O=C(c1ccc(-c2cccc3c2oc2ccccc23)cc1)c1ccc(-c2cccc3c2oc2ccccc23)cc1.O=C(c1ccc(Br)cc1)c1ccc(Br)cc1.OB(O)c1cccc2c1oc1ccccc12.[HH]. The lowest BCUT2D eigenvalue weighted by atomic mass is 9.79. The number of benzene rings is 10. The first kappa shape index (κ1) is 46.3. The molecule has 13 aromatic rings. The second kappa shape index (κ2) is 19.9. The number of para-hydroxylation sites is 6. The molecule has 0 fully saturated rings. The Kier molecular flexibility index (Phi) is 12.8. The van der Waals surface area contributed by atoms with Crippen LogP contribution >= 0.6 is 31.9 Å². The van der Waals surface area contributed by atoms with Crippen LogP contribution in [0.15, 0.2) is 247 Å². The van der Waals surface area contributed by atoms with E-state index in [1.807, 2.05) is 176 Å². The van der Waals surface area contributed by atoms with Gasteiger partial charge in [-0.25, -0.2) is 0 Å². The Labute approximate surface area is 431 Å². The van der Waals surface area contributed by atoms with Crippen LogP contribution in [0.2, 0.25) is 0 Å². The van der Waals surface area contributed by atoms with Gasteiger partial charge in [-0.05, 0) is 77.9 Å². The molecule has 10 aromatic carbocycles. The summed E-state index contributed by atoms with van der Waals surface area (Å²) in [6.45, 7) is 0. The molecule has 13 rings (SSSR count). The molecular weight excluding hydrogens is 1030 g/mol. The summed E-state index contributed by atoms with van der Waals surface area (Å²) in [4.78, 5) is 25.4. The molecule has 0 unspecified atom stereocenters. The van der Waals surface area contributed by atoms with Gasteiger partial charge in [0.05, 0.1) is 0 Å². The minimum atomic E-state index is -1.51. The van der Waals surface area contributed by atoms with Gasteiger partial charge in [0.2, 0.25) is 0 Å². The largest absolute Gasteiger partial charge is 0.492 e. The summed E-state index contributed by atoms with van der Waals surface area (Å²) in [7, 11) is -1.51. The van der Waals surface area contributed by atoms with Crippen molar-refractivity contribution in [3.05, 3.63) is 256 Å². The van der Waals surface area contributed by atoms with Gasteiger partial charge in [-0.1, -0.05) is 190 Å². The molecule has 0 bridgehead atoms. The maximum Gasteiger partial charge on any atom is 0.492 e. The monoisotopic (exact) mass is 1070 g/mol. The van der Waals surface area contributed by atoms with Crippen LogP contribution in [-0.4, -0.2) is 28.7 Å². The maximum atomic E-state index is 13.4. The minimum absolute atomic E-state index is 0. The molecule has 0 radical (unpaired) electrons. The third kappa shape index (κ3) is 9.09. The summed E-state index contributed by atoms with van der Waals surface area (Å²) in [6, 6.07) is 71.8. The van der Waals surface area contributed by atoms with Gasteiger partial charge in [0.25, 0.3) is 0 Å². The first-order valence-corrected chi connectivity index (χ1v) is 24.7. The Hall–Kier alpha value is -8.12. The molecular formula is C62H41BBr2O7. The number of rotatable bonds is 7. The smallest absolute Gasteiger partial charge is 0.456 e. The molecule has 0 aliphatic rings. The average Bonchev–Trinajstić information content (AvgIpc) is 4.13. The lowest BCUT2D eigenvalue weighted by Gasteiger charge is -2.07. The van der Waals surface area contributed by atoms with Crippen LogP contribution < -0.4 is 5.46 Å². The normalized spacial score (nSPS) is 11.2. The Morgan fingerprint density at radius 3 is 1.03 bits per heavy atom. The van der Waals surface area contributed by atoms with Crippen molar-refractivity contribution < 1.29 is 34.3 Å². The van der Waals surface area contributed by atoms with Crippen molar-refractivity contribution >= 4 is 122 Å². The zero-order valence-electron chi connectivity index (χ0n) is 38.1. The molecule has 7 nitrogen and oxygen atoms in total. The molecule has 0 spiro atoms. The van der Waals surface area contributed by atoms with Gasteiger partial charge in [-0.15, -0.1) is 0 Å². The second-order valence-corrected chi connectivity index (χ2v) is 18.9. The van der Waals surface area contributed by atoms with Gasteiger partial charge in [0.1, 0.15) is 33.5 Å². The number of carbonyl (C=O) groups is 2. The molecule has 0 saturated heterocycles. The zero-order valence-corrected chi connectivity index (χ0v) is 41.3. The van der Waals surface area contributed by atoms with E-state index in [2.05, 4.69) is 68.3 Å². The molecule has 3 aromatic heterocycles. The van der Waals surface area contributed by atoms with Crippen LogP contribution in [0, 0.1) is 0 Å². The molecule has 72 heavy (non-hydrogen) atoms. The van der Waals surface area contributed by atoms with Crippen molar-refractivity contribution in [3.63, 3.8) is 0 Å². The fourth-order valence-electron chi connectivity index (χ4n) is 9.06. The predicted molar refractivity (Wildman–Crippen MR) is 299 cm³/mol. The topological polar surface area (TPSA) is 114 Å². The maximum absolute atomic E-state index is 13.4. The van der Waals surface area contributed by atoms with E-state index in [4.69, 9.17) is 13.3 Å². The standard InChI is InChI=1S/C37H22O3.C13H8Br2O.C12H9BO3.H2/c38-35(25-19-15-23(16-20-25)27-9-5-11-31-29-7-1-3-13-33(29)39-36(27)31)26-21-17-24(18-22-26)28-10-6-12-32-30-8-2-4-14-34(30)40-37(28)32;14-11-5-1-9(2-6-11)13(16)10-3-7-12(15)8-4-10;14-13(15)10-6-3-5-9-8-4-1-2-7-11(8)16-12(9)10;/h1-22H;1-8H;1-7,14-15H;1H. The Balaban J connectivity index is 0.000000152. The van der Waals surface area contributed by atoms with Crippen LogP contribution in [0.3, 0.4) is 0 Å². The van der Waals surface area contributed by atoms with E-state index >= 15 is 0 Å². The summed E-state index contributed by atoms with van der Waals surface area (Å²) in [5, 5.41) is 24.8. The lowest BCUT2D eigenvalue weighted by Crippen LogP contribution is -2.29. The summed E-state index contributed by atoms with van der Waals surface area (Å²) < 4.78 is 20.0. The fourth-order valence-corrected chi connectivity index (χ4v) is 9.59.